The van der Waals surface area contributed by atoms with Gasteiger partial charge >= 0.3 is 0 Å². The Labute approximate surface area is 189 Å². The predicted molar refractivity (Wildman–Crippen MR) is 124 cm³/mol. The van der Waals surface area contributed by atoms with Crippen molar-refractivity contribution in [3.63, 3.8) is 0 Å². The van der Waals surface area contributed by atoms with Crippen LogP contribution in [0.15, 0.2) is 71.3 Å². The number of nitrogens with zero attached hydrogens (tertiary/aromatic N) is 2. The molecule has 3 N–H and O–H groups in total. The van der Waals surface area contributed by atoms with E-state index in [0.29, 0.717) is 28.5 Å². The lowest BCUT2D eigenvalue weighted by molar-refractivity contribution is -0.116. The van der Waals surface area contributed by atoms with Gasteiger partial charge in [0.05, 0.1) is 6.26 Å². The number of hydrogen-bond donors (Lipinski definition) is 3. The number of benzene rings is 2. The molecule has 0 spiro atoms. The van der Waals surface area contributed by atoms with Crippen molar-refractivity contribution < 1.29 is 14.0 Å². The van der Waals surface area contributed by atoms with Gasteiger partial charge in [-0.2, -0.15) is 5.10 Å². The molecule has 9 heteroatoms. The summed E-state index contributed by atoms with van der Waals surface area (Å²) in [5.74, 6) is 0.424. The van der Waals surface area contributed by atoms with Crippen LogP contribution >= 0.6 is 12.2 Å². The van der Waals surface area contributed by atoms with E-state index in [1.165, 1.54) is 6.26 Å². The number of carbonyl (C=O) groups excluding carboxylic acids is 2. The number of carbonyl (C=O) groups is 2. The summed E-state index contributed by atoms with van der Waals surface area (Å²) in [6.45, 7) is 2.41. The highest BCUT2D eigenvalue weighted by Gasteiger charge is 2.12. The van der Waals surface area contributed by atoms with E-state index in [1.54, 1.807) is 36.4 Å². The SMILES string of the molecule is Cc1ccc(-c2n[nH]c(=S)n2CCC(=O)Nc2ccc(NC(=O)c3ccco3)cc2)cc1. The molecule has 2 aromatic carbocycles. The van der Waals surface area contributed by atoms with Crippen LogP contribution in [0.2, 0.25) is 0 Å². The minimum Gasteiger partial charge on any atom is -0.459 e. The lowest BCUT2D eigenvalue weighted by Gasteiger charge is -2.09. The van der Waals surface area contributed by atoms with Crippen molar-refractivity contribution in [1.29, 1.82) is 0 Å². The van der Waals surface area contributed by atoms with Gasteiger partial charge in [0.15, 0.2) is 16.4 Å². The average Bonchev–Trinajstić information content (AvgIpc) is 3.45. The Balaban J connectivity index is 1.35. The zero-order valence-corrected chi connectivity index (χ0v) is 18.1. The Morgan fingerprint density at radius 1 is 1.03 bits per heavy atom. The standard InChI is InChI=1S/C23H21N5O3S/c1-15-4-6-16(7-5-15)21-26-27-23(32)28(21)13-12-20(29)24-17-8-10-18(11-9-17)25-22(30)19-3-2-14-31-19/h2-11,14H,12-13H2,1H3,(H,24,29)(H,25,30)(H,27,32). The normalized spacial score (nSPS) is 10.7. The van der Waals surface area contributed by atoms with Crippen LogP contribution in [0.5, 0.6) is 0 Å². The molecule has 4 aromatic rings. The number of aryl methyl sites for hydroxylation is 1. The minimum absolute atomic E-state index is 0.157. The van der Waals surface area contributed by atoms with E-state index in [0.717, 1.165) is 11.1 Å². The van der Waals surface area contributed by atoms with Crippen molar-refractivity contribution in [2.45, 2.75) is 19.9 Å². The molecule has 0 unspecified atom stereocenters. The third kappa shape index (κ3) is 5.01. The van der Waals surface area contributed by atoms with E-state index in [9.17, 15) is 9.59 Å². The van der Waals surface area contributed by atoms with Crippen LogP contribution in [0, 0.1) is 11.7 Å². The summed E-state index contributed by atoms with van der Waals surface area (Å²) in [5, 5.41) is 12.7. The molecule has 2 heterocycles. The number of H-pyrrole nitrogens is 1. The lowest BCUT2D eigenvalue weighted by Crippen LogP contribution is -2.15. The Morgan fingerprint density at radius 2 is 1.72 bits per heavy atom. The summed E-state index contributed by atoms with van der Waals surface area (Å²) in [6, 6.07) is 18.0. The van der Waals surface area contributed by atoms with Crippen molar-refractivity contribution in [3.8, 4) is 11.4 Å². The van der Waals surface area contributed by atoms with E-state index in [2.05, 4.69) is 20.8 Å². The Hall–Kier alpha value is -3.98. The molecule has 4 rings (SSSR count). The number of amides is 2. The molecule has 0 aliphatic heterocycles. The third-order valence-electron chi connectivity index (χ3n) is 4.80. The van der Waals surface area contributed by atoms with Crippen molar-refractivity contribution in [1.82, 2.24) is 14.8 Å². The van der Waals surface area contributed by atoms with Crippen LogP contribution in [0.25, 0.3) is 11.4 Å². The molecule has 0 atom stereocenters. The Bertz CT molecular complexity index is 1270. The minimum atomic E-state index is -0.340. The molecule has 0 saturated carbocycles. The third-order valence-corrected chi connectivity index (χ3v) is 5.11. The van der Waals surface area contributed by atoms with E-state index in [-0.39, 0.29) is 24.0 Å². The zero-order valence-electron chi connectivity index (χ0n) is 17.3. The fraction of sp³-hybridized carbons (Fsp3) is 0.130. The summed E-state index contributed by atoms with van der Waals surface area (Å²) in [7, 11) is 0. The summed E-state index contributed by atoms with van der Waals surface area (Å²) < 4.78 is 7.34. The predicted octanol–water partition coefficient (Wildman–Crippen LogP) is 4.79. The van der Waals surface area contributed by atoms with E-state index in [4.69, 9.17) is 16.6 Å². The second kappa shape index (κ2) is 9.44. The monoisotopic (exact) mass is 447 g/mol. The molecule has 0 fully saturated rings. The highest BCUT2D eigenvalue weighted by molar-refractivity contribution is 7.71. The van der Waals surface area contributed by atoms with Crippen LogP contribution < -0.4 is 10.6 Å². The first kappa shape index (κ1) is 21.3. The van der Waals surface area contributed by atoms with E-state index in [1.807, 2.05) is 35.8 Å². The van der Waals surface area contributed by atoms with Crippen LogP contribution in [-0.2, 0) is 11.3 Å². The Morgan fingerprint density at radius 3 is 2.38 bits per heavy atom. The van der Waals surface area contributed by atoms with Gasteiger partial charge in [-0.1, -0.05) is 29.8 Å². The molecular formula is C23H21N5O3S. The number of aromatic amines is 1. The largest absolute Gasteiger partial charge is 0.459 e. The number of furan rings is 1. The lowest BCUT2D eigenvalue weighted by atomic mass is 10.1. The first-order chi connectivity index (χ1) is 15.5. The molecule has 0 bridgehead atoms. The van der Waals surface area contributed by atoms with E-state index < -0.39 is 0 Å². The zero-order chi connectivity index (χ0) is 22.5. The highest BCUT2D eigenvalue weighted by atomic mass is 32.1. The molecule has 0 saturated heterocycles. The second-order valence-electron chi connectivity index (χ2n) is 7.18. The molecule has 32 heavy (non-hydrogen) atoms. The second-order valence-corrected chi connectivity index (χ2v) is 7.56. The average molecular weight is 448 g/mol. The number of anilines is 2. The van der Waals surface area contributed by atoms with E-state index >= 15 is 0 Å². The number of hydrogen-bond acceptors (Lipinski definition) is 5. The van der Waals surface area contributed by atoms with Gasteiger partial charge in [0, 0.05) is 29.9 Å². The molecule has 8 nitrogen and oxygen atoms in total. The van der Waals surface area contributed by atoms with Gasteiger partial charge in [-0.25, -0.2) is 0 Å². The fourth-order valence-electron chi connectivity index (χ4n) is 3.12. The molecule has 2 aromatic heterocycles. The van der Waals surface area contributed by atoms with Crippen LogP contribution in [0.1, 0.15) is 22.5 Å². The van der Waals surface area contributed by atoms with Gasteiger partial charge in [-0.3, -0.25) is 19.3 Å². The maximum atomic E-state index is 12.5. The number of aromatic nitrogens is 3. The molecule has 0 aliphatic rings. The molecular weight excluding hydrogens is 426 g/mol. The topological polar surface area (TPSA) is 105 Å². The molecule has 0 radical (unpaired) electrons. The summed E-state index contributed by atoms with van der Waals surface area (Å²) in [5.41, 5.74) is 3.30. The summed E-state index contributed by atoms with van der Waals surface area (Å²) in [4.78, 5) is 24.5. The van der Waals surface area contributed by atoms with Gasteiger partial charge in [0.25, 0.3) is 5.91 Å². The smallest absolute Gasteiger partial charge is 0.291 e. The van der Waals surface area contributed by atoms with Gasteiger partial charge in [-0.15, -0.1) is 0 Å². The maximum Gasteiger partial charge on any atom is 0.291 e. The van der Waals surface area contributed by atoms with Gasteiger partial charge < -0.3 is 15.1 Å². The maximum absolute atomic E-state index is 12.5. The highest BCUT2D eigenvalue weighted by Crippen LogP contribution is 2.19. The van der Waals surface area contributed by atoms with Crippen molar-refractivity contribution in [2.24, 2.45) is 0 Å². The Kier molecular flexibility index (Phi) is 6.27. The summed E-state index contributed by atoms with van der Waals surface area (Å²) in [6.07, 6.45) is 1.66. The quantitative estimate of drug-likeness (QED) is 0.353. The van der Waals surface area contributed by atoms with Crippen LogP contribution in [0.4, 0.5) is 11.4 Å². The first-order valence-corrected chi connectivity index (χ1v) is 10.4. The van der Waals surface area contributed by atoms with Crippen LogP contribution in [-0.4, -0.2) is 26.6 Å². The van der Waals surface area contributed by atoms with Crippen molar-refractivity contribution in [3.05, 3.63) is 83.0 Å². The fourth-order valence-corrected chi connectivity index (χ4v) is 3.35. The van der Waals surface area contributed by atoms with Crippen molar-refractivity contribution in [2.75, 3.05) is 10.6 Å². The van der Waals surface area contributed by atoms with Gasteiger partial charge in [0.2, 0.25) is 5.91 Å². The van der Waals surface area contributed by atoms with Crippen LogP contribution in [0.3, 0.4) is 0 Å². The number of rotatable bonds is 7. The molecule has 2 amide bonds. The number of nitrogens with one attached hydrogen (secondary N) is 3. The van der Waals surface area contributed by atoms with Crippen molar-refractivity contribution >= 4 is 35.4 Å². The van der Waals surface area contributed by atoms with Gasteiger partial charge in [-0.05, 0) is 55.5 Å². The molecule has 0 aliphatic carbocycles. The summed E-state index contributed by atoms with van der Waals surface area (Å²) >= 11 is 5.33. The first-order valence-electron chi connectivity index (χ1n) is 9.96. The van der Waals surface area contributed by atoms with Gasteiger partial charge in [0.1, 0.15) is 0 Å². The molecule has 162 valence electrons.